The minimum atomic E-state index is -8.76. The third kappa shape index (κ3) is 4.73. The van der Waals surface area contributed by atoms with Gasteiger partial charge in [0.15, 0.2) is 5.83 Å². The summed E-state index contributed by atoms with van der Waals surface area (Å²) in [6, 6.07) is -0.509. The smallest absolute Gasteiger partial charge is 0.460 e. The van der Waals surface area contributed by atoms with E-state index in [2.05, 4.69) is 4.74 Å². The van der Waals surface area contributed by atoms with E-state index in [4.69, 9.17) is 10.2 Å². The molecule has 0 fully saturated rings. The van der Waals surface area contributed by atoms with Crippen LogP contribution in [0.3, 0.4) is 0 Å². The maximum absolute atomic E-state index is 14.5. The molecule has 0 saturated carbocycles. The molecule has 22 heteroatoms. The van der Waals surface area contributed by atoms with Crippen molar-refractivity contribution in [3.8, 4) is 5.75 Å². The van der Waals surface area contributed by atoms with Crippen LogP contribution in [0.1, 0.15) is 26.3 Å². The van der Waals surface area contributed by atoms with Crippen molar-refractivity contribution in [2.24, 2.45) is 0 Å². The molecule has 1 aromatic carbocycles. The molecule has 1 aromatic rings. The zero-order valence-electron chi connectivity index (χ0n) is 18.2. The van der Waals surface area contributed by atoms with Crippen molar-refractivity contribution in [2.75, 3.05) is 7.11 Å². The lowest BCUT2D eigenvalue weighted by Crippen LogP contribution is -2.72. The van der Waals surface area contributed by atoms with Crippen molar-refractivity contribution in [3.63, 3.8) is 0 Å². The summed E-state index contributed by atoms with van der Waals surface area (Å²) < 4.78 is 232. The molecule has 0 spiro atoms. The van der Waals surface area contributed by atoms with Gasteiger partial charge in [-0.05, 0) is 12.1 Å². The third-order valence-electron chi connectivity index (χ3n) is 4.83. The standard InChI is InChI=1S/C18H7F17O5/c1-40-7-3-5(11(38)39)4(10(36)37)2-6(7)8(19)9(20)12(21,22)13(23,24)14(25,26)15(27,28)16(29,30)17(31,32)18(33,34)35/h2-3H,1H3,(H,36,37)(H,38,39). The average molecular weight is 626 g/mol. The normalized spacial score (nSPS) is 15.1. The van der Waals surface area contributed by atoms with Crippen molar-refractivity contribution >= 4 is 17.8 Å². The minimum absolute atomic E-state index is 0.0766. The average Bonchev–Trinajstić information content (AvgIpc) is 2.80. The van der Waals surface area contributed by atoms with Crippen molar-refractivity contribution < 1.29 is 99.2 Å². The molecule has 0 aromatic heterocycles. The molecule has 40 heavy (non-hydrogen) atoms. The van der Waals surface area contributed by atoms with Crippen LogP contribution >= 0.6 is 0 Å². The first-order valence-electron chi connectivity index (χ1n) is 9.09. The molecule has 0 aliphatic carbocycles. The maximum Gasteiger partial charge on any atom is 0.460 e. The highest BCUT2D eigenvalue weighted by Crippen LogP contribution is 2.63. The molecule has 2 N–H and O–H groups in total. The van der Waals surface area contributed by atoms with Gasteiger partial charge in [-0.2, -0.15) is 65.9 Å². The highest BCUT2D eigenvalue weighted by molar-refractivity contribution is 6.03. The van der Waals surface area contributed by atoms with Gasteiger partial charge in [0.25, 0.3) is 0 Å². The Kier molecular flexibility index (Phi) is 8.51. The van der Waals surface area contributed by atoms with Crippen LogP contribution < -0.4 is 4.74 Å². The molecule has 0 amide bonds. The number of hydrogen-bond donors (Lipinski definition) is 2. The molecule has 0 radical (unpaired) electrons. The first-order valence-corrected chi connectivity index (χ1v) is 9.09. The van der Waals surface area contributed by atoms with E-state index in [1.54, 1.807) is 0 Å². The Bertz CT molecular complexity index is 1220. The van der Waals surface area contributed by atoms with Gasteiger partial charge in [-0.1, -0.05) is 0 Å². The van der Waals surface area contributed by atoms with Crippen LogP contribution in [0.15, 0.2) is 18.0 Å². The van der Waals surface area contributed by atoms with Crippen molar-refractivity contribution in [3.05, 3.63) is 34.6 Å². The van der Waals surface area contributed by atoms with Crippen LogP contribution in [0, 0.1) is 0 Å². The summed E-state index contributed by atoms with van der Waals surface area (Å²) in [5, 5.41) is 17.8. The fraction of sp³-hybridized carbons (Fsp3) is 0.444. The molecule has 1 rings (SSSR count). The van der Waals surface area contributed by atoms with E-state index < -0.39 is 93.8 Å². The molecular weight excluding hydrogens is 619 g/mol. The SMILES string of the molecule is COc1cc(C(=O)O)c(C(=O)O)cc1C(F)=C(F)C(F)(F)C(F)(F)C(F)(F)C(F)(F)C(F)(F)C(F)(F)C(F)(F)F. The molecule has 0 heterocycles. The number of carboxylic acids is 2. The highest BCUT2D eigenvalue weighted by Gasteiger charge is 2.93. The van der Waals surface area contributed by atoms with Crippen LogP contribution in [0.25, 0.3) is 5.83 Å². The number of methoxy groups -OCH3 is 1. The summed E-state index contributed by atoms with van der Waals surface area (Å²) in [4.78, 5) is 22.2. The molecular formula is C18H7F17O5. The third-order valence-corrected chi connectivity index (χ3v) is 4.83. The molecule has 0 bridgehead atoms. The predicted octanol–water partition coefficient (Wildman–Crippen LogP) is 7.07. The second kappa shape index (κ2) is 9.85. The van der Waals surface area contributed by atoms with E-state index in [-0.39, 0.29) is 6.07 Å². The largest absolute Gasteiger partial charge is 0.496 e. The number of halogens is 17. The van der Waals surface area contributed by atoms with Crippen LogP contribution in [0.5, 0.6) is 5.75 Å². The summed E-state index contributed by atoms with van der Waals surface area (Å²) in [5.41, 5.74) is -5.13. The van der Waals surface area contributed by atoms with E-state index in [1.807, 2.05) is 0 Å². The Balaban J connectivity index is 3.96. The summed E-state index contributed by atoms with van der Waals surface area (Å²) >= 11 is 0. The van der Waals surface area contributed by atoms with Crippen LogP contribution in [0.4, 0.5) is 74.6 Å². The molecule has 0 saturated heterocycles. The Morgan fingerprint density at radius 3 is 1.30 bits per heavy atom. The summed E-state index contributed by atoms with van der Waals surface area (Å²) in [6.07, 6.45) is -7.87. The van der Waals surface area contributed by atoms with E-state index in [9.17, 15) is 84.2 Å². The number of benzene rings is 1. The zero-order chi connectivity index (χ0) is 32.2. The van der Waals surface area contributed by atoms with Gasteiger partial charge in [-0.25, -0.2) is 18.4 Å². The first-order chi connectivity index (χ1) is 17.5. The second-order valence-electron chi connectivity index (χ2n) is 7.28. The van der Waals surface area contributed by atoms with Gasteiger partial charge in [0.2, 0.25) is 5.83 Å². The van der Waals surface area contributed by atoms with Crippen LogP contribution in [-0.2, 0) is 0 Å². The van der Waals surface area contributed by atoms with Gasteiger partial charge >= 0.3 is 53.7 Å². The molecule has 0 aliphatic heterocycles. The lowest BCUT2D eigenvalue weighted by atomic mass is 9.90. The van der Waals surface area contributed by atoms with Gasteiger partial charge in [0.1, 0.15) is 5.75 Å². The van der Waals surface area contributed by atoms with Gasteiger partial charge in [0, 0.05) is 0 Å². The Hall–Kier alpha value is -3.49. The Labute approximate surface area is 207 Å². The Morgan fingerprint density at radius 1 is 0.600 bits per heavy atom. The van der Waals surface area contributed by atoms with Crippen molar-refractivity contribution in [1.29, 1.82) is 0 Å². The second-order valence-corrected chi connectivity index (χ2v) is 7.28. The topological polar surface area (TPSA) is 83.8 Å². The van der Waals surface area contributed by atoms with Crippen LogP contribution in [-0.4, -0.2) is 71.0 Å². The molecule has 0 aliphatic rings. The number of rotatable bonds is 10. The number of alkyl halides is 15. The number of allylic oxidation sites excluding steroid dienone is 1. The maximum atomic E-state index is 14.5. The number of carbonyl (C=O) groups is 2. The van der Waals surface area contributed by atoms with Gasteiger partial charge in [-0.3, -0.25) is 0 Å². The van der Waals surface area contributed by atoms with Crippen molar-refractivity contribution in [2.45, 2.75) is 41.7 Å². The van der Waals surface area contributed by atoms with E-state index in [1.165, 1.54) is 0 Å². The quantitative estimate of drug-likeness (QED) is 0.272. The monoisotopic (exact) mass is 626 g/mol. The number of ether oxygens (including phenoxy) is 1. The number of hydrogen-bond acceptors (Lipinski definition) is 3. The van der Waals surface area contributed by atoms with Gasteiger partial charge in [0.05, 0.1) is 23.8 Å². The summed E-state index contributed by atoms with van der Waals surface area (Å²) in [7, 11) is 0.389. The molecule has 5 nitrogen and oxygen atoms in total. The summed E-state index contributed by atoms with van der Waals surface area (Å²) in [6.45, 7) is 0. The Morgan fingerprint density at radius 2 is 0.950 bits per heavy atom. The molecule has 0 atom stereocenters. The van der Waals surface area contributed by atoms with Crippen molar-refractivity contribution in [1.82, 2.24) is 0 Å². The molecule has 0 unspecified atom stereocenters. The van der Waals surface area contributed by atoms with Gasteiger partial charge in [-0.15, -0.1) is 0 Å². The van der Waals surface area contributed by atoms with E-state index >= 15 is 0 Å². The lowest BCUT2D eigenvalue weighted by Gasteiger charge is -2.41. The fourth-order valence-electron chi connectivity index (χ4n) is 2.63. The van der Waals surface area contributed by atoms with E-state index in [0.717, 1.165) is 0 Å². The van der Waals surface area contributed by atoms with Gasteiger partial charge < -0.3 is 14.9 Å². The van der Waals surface area contributed by atoms with Crippen LogP contribution in [0.2, 0.25) is 0 Å². The minimum Gasteiger partial charge on any atom is -0.496 e. The zero-order valence-corrected chi connectivity index (χ0v) is 18.2. The molecule has 228 valence electrons. The summed E-state index contributed by atoms with van der Waals surface area (Å²) in [5.74, 6) is -64.9. The predicted molar refractivity (Wildman–Crippen MR) is 91.8 cm³/mol. The first kappa shape index (κ1) is 34.5. The van der Waals surface area contributed by atoms with E-state index in [0.29, 0.717) is 7.11 Å². The number of carboxylic acid groups (broad SMARTS) is 2. The lowest BCUT2D eigenvalue weighted by molar-refractivity contribution is -0.450. The number of aromatic carboxylic acids is 2. The fourth-order valence-corrected chi connectivity index (χ4v) is 2.63. The highest BCUT2D eigenvalue weighted by atomic mass is 19.4.